The van der Waals surface area contributed by atoms with Gasteiger partial charge in [0.2, 0.25) is 0 Å². The molecule has 1 unspecified atom stereocenters. The Morgan fingerprint density at radius 3 is 1.97 bits per heavy atom. The maximum Gasteiger partial charge on any atom is 0.186 e. The van der Waals surface area contributed by atoms with E-state index >= 15 is 0 Å². The normalized spacial score (nSPS) is 52.7. The topological polar surface area (TPSA) is 248 Å². The number of aliphatic hydroxyl groups is 10. The Balaban J connectivity index is 1.68. The fourth-order valence-corrected chi connectivity index (χ4v) is 3.67. The number of hydrogen-bond acceptors (Lipinski definition) is 15. The lowest BCUT2D eigenvalue weighted by Gasteiger charge is -2.45. The van der Waals surface area contributed by atoms with Gasteiger partial charge < -0.3 is 74.7 Å². The molecule has 0 amide bonds. The van der Waals surface area contributed by atoms with Gasteiger partial charge in [0, 0.05) is 0 Å². The number of rotatable bonds is 6. The second kappa shape index (κ2) is 10.8. The van der Waals surface area contributed by atoms with Crippen LogP contribution >= 0.6 is 0 Å². The van der Waals surface area contributed by atoms with E-state index in [4.69, 9.17) is 23.7 Å². The molecule has 0 aliphatic carbocycles. The number of aliphatic hydroxyl groups excluding tert-OH is 10. The van der Waals surface area contributed by atoms with Crippen LogP contribution in [-0.2, 0) is 23.7 Å². The summed E-state index contributed by atoms with van der Waals surface area (Å²) >= 11 is 0. The third kappa shape index (κ3) is 5.22. The Morgan fingerprint density at radius 1 is 0.656 bits per heavy atom. The van der Waals surface area contributed by atoms with E-state index in [2.05, 4.69) is 0 Å². The Bertz CT molecular complexity index is 594. The van der Waals surface area contributed by atoms with Crippen molar-refractivity contribution in [3.05, 3.63) is 0 Å². The molecule has 3 fully saturated rings. The van der Waals surface area contributed by atoms with Crippen molar-refractivity contribution in [3.63, 3.8) is 0 Å². The van der Waals surface area contributed by atoms with Crippen LogP contribution in [0.2, 0.25) is 0 Å². The molecule has 3 aliphatic heterocycles. The second-order valence-electron chi connectivity index (χ2n) is 7.93. The zero-order chi connectivity index (χ0) is 23.7. The second-order valence-corrected chi connectivity index (χ2v) is 7.93. The molecule has 10 N–H and O–H groups in total. The summed E-state index contributed by atoms with van der Waals surface area (Å²) in [6.45, 7) is -1.66. The molecule has 0 spiro atoms. The van der Waals surface area contributed by atoms with Crippen LogP contribution < -0.4 is 0 Å². The average Bonchev–Trinajstić information content (AvgIpc) is 2.77. The summed E-state index contributed by atoms with van der Waals surface area (Å²) in [5, 5.41) is 98.4. The van der Waals surface area contributed by atoms with Gasteiger partial charge in [-0.15, -0.1) is 0 Å². The monoisotopic (exact) mass is 474 g/mol. The van der Waals surface area contributed by atoms with Gasteiger partial charge in [0.25, 0.3) is 0 Å². The van der Waals surface area contributed by atoms with Crippen molar-refractivity contribution in [3.8, 4) is 0 Å². The Kier molecular flexibility index (Phi) is 8.75. The van der Waals surface area contributed by atoms with Gasteiger partial charge in [0.15, 0.2) is 18.9 Å². The van der Waals surface area contributed by atoms with Gasteiger partial charge in [-0.05, 0) is 0 Å². The molecule has 0 aromatic heterocycles. The highest BCUT2D eigenvalue weighted by Gasteiger charge is 2.50. The van der Waals surface area contributed by atoms with Crippen LogP contribution in [0.15, 0.2) is 0 Å². The van der Waals surface area contributed by atoms with Crippen molar-refractivity contribution >= 4 is 0 Å². The molecule has 0 bridgehead atoms. The fraction of sp³-hybridized carbons (Fsp3) is 1.00. The quantitative estimate of drug-likeness (QED) is 0.172. The summed E-state index contributed by atoms with van der Waals surface area (Å²) in [7, 11) is 0. The standard InChI is InChI=1S/C17H30O15/c18-1-5-8(21)9(22)13(26)16(31-5)29-3-6-14(10(23)11(24)15(27)30-6)32-17-12(25)7(20)4(19)2-28-17/h4-27H,1-3H2/t4-,5-,6-,7+,8-,9+,10-,11-,12-,13-,14-,15?,16-,17+/m1/s1. The highest BCUT2D eigenvalue weighted by molar-refractivity contribution is 4.93. The number of hydrogen-bond donors (Lipinski definition) is 10. The van der Waals surface area contributed by atoms with Gasteiger partial charge >= 0.3 is 0 Å². The lowest BCUT2D eigenvalue weighted by Crippen LogP contribution is -2.63. The predicted molar refractivity (Wildman–Crippen MR) is 95.2 cm³/mol. The van der Waals surface area contributed by atoms with Crippen LogP contribution in [0.4, 0.5) is 0 Å². The Labute approximate surface area is 181 Å². The SMILES string of the molecule is OC[C@H]1O[C@@H](OC[C@H]2OC(O)[C@H](O)[C@@H](O)[C@@H]2O[C@@H]2OC[C@@H](O)[C@H](O)[C@H]2O)[C@H](O)[C@@H](O)[C@@H]1O. The van der Waals surface area contributed by atoms with Crippen LogP contribution in [0.1, 0.15) is 0 Å². The molecule has 0 radical (unpaired) electrons. The van der Waals surface area contributed by atoms with Gasteiger partial charge in [0.05, 0.1) is 19.8 Å². The third-order valence-corrected chi connectivity index (χ3v) is 5.68. The van der Waals surface area contributed by atoms with E-state index in [0.717, 1.165) is 0 Å². The summed E-state index contributed by atoms with van der Waals surface area (Å²) < 4.78 is 26.3. The summed E-state index contributed by atoms with van der Waals surface area (Å²) in [4.78, 5) is 0. The van der Waals surface area contributed by atoms with Gasteiger partial charge in [0.1, 0.15) is 67.1 Å². The smallest absolute Gasteiger partial charge is 0.186 e. The largest absolute Gasteiger partial charge is 0.394 e. The van der Waals surface area contributed by atoms with Crippen molar-refractivity contribution in [1.29, 1.82) is 0 Å². The molecule has 0 aromatic carbocycles. The van der Waals surface area contributed by atoms with E-state index in [1.807, 2.05) is 0 Å². The van der Waals surface area contributed by atoms with E-state index in [-0.39, 0.29) is 0 Å². The predicted octanol–water partition coefficient (Wildman–Crippen LogP) is -6.93. The highest BCUT2D eigenvalue weighted by Crippen LogP contribution is 2.28. The van der Waals surface area contributed by atoms with Gasteiger partial charge in [-0.3, -0.25) is 0 Å². The minimum atomic E-state index is -1.86. The zero-order valence-corrected chi connectivity index (χ0v) is 16.7. The van der Waals surface area contributed by atoms with E-state index in [9.17, 15) is 51.1 Å². The minimum Gasteiger partial charge on any atom is -0.394 e. The molecule has 14 atom stereocenters. The summed E-state index contributed by atoms with van der Waals surface area (Å²) in [5.74, 6) is 0. The van der Waals surface area contributed by atoms with Crippen molar-refractivity contribution in [1.82, 2.24) is 0 Å². The molecule has 0 saturated carbocycles. The molecule has 3 heterocycles. The van der Waals surface area contributed by atoms with E-state index < -0.39 is 106 Å². The molecule has 3 saturated heterocycles. The van der Waals surface area contributed by atoms with E-state index in [1.54, 1.807) is 0 Å². The first kappa shape index (κ1) is 26.0. The van der Waals surface area contributed by atoms with Crippen molar-refractivity contribution in [2.75, 3.05) is 19.8 Å². The van der Waals surface area contributed by atoms with E-state index in [1.165, 1.54) is 0 Å². The van der Waals surface area contributed by atoms with Crippen LogP contribution in [0.25, 0.3) is 0 Å². The summed E-state index contributed by atoms with van der Waals surface area (Å²) in [6, 6.07) is 0. The van der Waals surface area contributed by atoms with Crippen LogP contribution in [0, 0.1) is 0 Å². The van der Waals surface area contributed by atoms with Gasteiger partial charge in [-0.1, -0.05) is 0 Å². The van der Waals surface area contributed by atoms with Gasteiger partial charge in [-0.25, -0.2) is 0 Å². The first-order chi connectivity index (χ1) is 15.1. The first-order valence-corrected chi connectivity index (χ1v) is 9.99. The van der Waals surface area contributed by atoms with Crippen LogP contribution in [-0.4, -0.2) is 157 Å². The minimum absolute atomic E-state index is 0.399. The molecule has 32 heavy (non-hydrogen) atoms. The molecular formula is C17H30O15. The molecule has 3 rings (SSSR count). The molecule has 15 heteroatoms. The van der Waals surface area contributed by atoms with Crippen LogP contribution in [0.5, 0.6) is 0 Å². The lowest BCUT2D eigenvalue weighted by atomic mass is 9.98. The van der Waals surface area contributed by atoms with E-state index in [0.29, 0.717) is 0 Å². The highest BCUT2D eigenvalue weighted by atomic mass is 16.7. The van der Waals surface area contributed by atoms with Crippen molar-refractivity contribution in [2.45, 2.75) is 86.0 Å². The Hall–Kier alpha value is -0.600. The summed E-state index contributed by atoms with van der Waals surface area (Å²) in [5.41, 5.74) is 0. The first-order valence-electron chi connectivity index (χ1n) is 9.99. The molecule has 188 valence electrons. The number of ether oxygens (including phenoxy) is 5. The van der Waals surface area contributed by atoms with Crippen molar-refractivity contribution < 1.29 is 74.7 Å². The maximum absolute atomic E-state index is 10.4. The lowest BCUT2D eigenvalue weighted by molar-refractivity contribution is -0.354. The molecular weight excluding hydrogens is 444 g/mol. The fourth-order valence-electron chi connectivity index (χ4n) is 3.67. The third-order valence-electron chi connectivity index (χ3n) is 5.68. The molecule has 3 aliphatic rings. The maximum atomic E-state index is 10.4. The Morgan fingerprint density at radius 2 is 1.31 bits per heavy atom. The zero-order valence-electron chi connectivity index (χ0n) is 16.7. The van der Waals surface area contributed by atoms with Crippen molar-refractivity contribution in [2.24, 2.45) is 0 Å². The molecule has 15 nitrogen and oxygen atoms in total. The van der Waals surface area contributed by atoms with Gasteiger partial charge in [-0.2, -0.15) is 0 Å². The van der Waals surface area contributed by atoms with Crippen LogP contribution in [0.3, 0.4) is 0 Å². The summed E-state index contributed by atoms with van der Waals surface area (Å²) in [6.07, 6.45) is -22.4. The average molecular weight is 474 g/mol. The molecule has 0 aromatic rings.